The van der Waals surface area contributed by atoms with Crippen LogP contribution in [0.4, 0.5) is 4.79 Å². The summed E-state index contributed by atoms with van der Waals surface area (Å²) in [7, 11) is 1.24. The van der Waals surface area contributed by atoms with Crippen molar-refractivity contribution in [2.24, 2.45) is 0 Å². The molecular weight excluding hydrogens is 230 g/mol. The van der Waals surface area contributed by atoms with Crippen LogP contribution in [0.2, 0.25) is 0 Å². The zero-order valence-electron chi connectivity index (χ0n) is 9.35. The van der Waals surface area contributed by atoms with Crippen molar-refractivity contribution >= 4 is 24.4 Å². The minimum atomic E-state index is -1.25. The maximum absolute atomic E-state index is 11.6. The highest BCUT2D eigenvalue weighted by Gasteiger charge is 2.17. The van der Waals surface area contributed by atoms with E-state index in [1.807, 2.05) is 19.9 Å². The summed E-state index contributed by atoms with van der Waals surface area (Å²) < 4.78 is 0. The molecule has 0 saturated carbocycles. The Morgan fingerprint density at radius 2 is 1.56 bits per heavy atom. The molecule has 4 nitrogen and oxygen atoms in total. The van der Waals surface area contributed by atoms with Crippen molar-refractivity contribution in [1.82, 2.24) is 4.90 Å². The van der Waals surface area contributed by atoms with Gasteiger partial charge >= 0.3 is 6.09 Å². The molecule has 0 aromatic heterocycles. The van der Waals surface area contributed by atoms with E-state index in [-0.39, 0.29) is 12.4 Å². The van der Waals surface area contributed by atoms with Crippen LogP contribution >= 0.6 is 12.4 Å². The summed E-state index contributed by atoms with van der Waals surface area (Å²) in [4.78, 5) is 22.9. The molecule has 0 spiro atoms. The molecule has 0 heterocycles. The Morgan fingerprint density at radius 3 is 1.94 bits per heavy atom. The lowest BCUT2D eigenvalue weighted by Gasteiger charge is -2.11. The Bertz CT molecular complexity index is 397. The molecule has 0 atom stereocenters. The monoisotopic (exact) mass is 243 g/mol. The number of amides is 2. The second kappa shape index (κ2) is 5.51. The number of hydrogen-bond donors (Lipinski definition) is 1. The molecule has 16 heavy (non-hydrogen) atoms. The van der Waals surface area contributed by atoms with Crippen molar-refractivity contribution in [3.05, 3.63) is 34.9 Å². The SMILES string of the molecule is Cc1cc(C)cc(C(=O)N(C)C(=O)O)c1.Cl. The second-order valence-electron chi connectivity index (χ2n) is 3.52. The average molecular weight is 244 g/mol. The number of carbonyl (C=O) groups excluding carboxylic acids is 1. The van der Waals surface area contributed by atoms with Gasteiger partial charge in [-0.1, -0.05) is 17.2 Å². The van der Waals surface area contributed by atoms with Gasteiger partial charge in [-0.05, 0) is 26.0 Å². The quantitative estimate of drug-likeness (QED) is 0.824. The Morgan fingerprint density at radius 1 is 1.12 bits per heavy atom. The predicted octanol–water partition coefficient (Wildman–Crippen LogP) is 2.48. The number of rotatable bonds is 1. The molecule has 1 rings (SSSR count). The molecule has 88 valence electrons. The van der Waals surface area contributed by atoms with E-state index in [1.165, 1.54) is 7.05 Å². The lowest BCUT2D eigenvalue weighted by Crippen LogP contribution is -2.31. The van der Waals surface area contributed by atoms with Crippen LogP contribution in [-0.4, -0.2) is 29.1 Å². The standard InChI is InChI=1S/C11H13NO3.ClH/c1-7-4-8(2)6-9(5-7)10(13)12(3)11(14)15;/h4-6H,1-3H3,(H,14,15);1H. The van der Waals surface area contributed by atoms with Gasteiger partial charge in [0.15, 0.2) is 0 Å². The largest absolute Gasteiger partial charge is 0.465 e. The minimum Gasteiger partial charge on any atom is -0.465 e. The van der Waals surface area contributed by atoms with Crippen molar-refractivity contribution in [1.29, 1.82) is 0 Å². The van der Waals surface area contributed by atoms with Gasteiger partial charge in [-0.2, -0.15) is 0 Å². The zero-order chi connectivity index (χ0) is 11.6. The molecule has 1 aromatic rings. The number of benzene rings is 1. The fraction of sp³-hybridized carbons (Fsp3) is 0.273. The van der Waals surface area contributed by atoms with E-state index >= 15 is 0 Å². The van der Waals surface area contributed by atoms with Crippen LogP contribution in [0, 0.1) is 13.8 Å². The van der Waals surface area contributed by atoms with Crippen molar-refractivity contribution < 1.29 is 14.7 Å². The first kappa shape index (κ1) is 14.5. The highest BCUT2D eigenvalue weighted by atomic mass is 35.5. The maximum atomic E-state index is 11.6. The topological polar surface area (TPSA) is 57.6 Å². The smallest absolute Gasteiger partial charge is 0.414 e. The molecule has 0 aliphatic rings. The third kappa shape index (κ3) is 3.24. The Kier molecular flexibility index (Phi) is 4.98. The zero-order valence-corrected chi connectivity index (χ0v) is 10.2. The van der Waals surface area contributed by atoms with Crippen LogP contribution in [0.5, 0.6) is 0 Å². The van der Waals surface area contributed by atoms with E-state index in [2.05, 4.69) is 0 Å². The molecule has 0 aliphatic carbocycles. The van der Waals surface area contributed by atoms with Gasteiger partial charge < -0.3 is 5.11 Å². The summed E-state index contributed by atoms with van der Waals surface area (Å²) in [6.07, 6.45) is -1.25. The summed E-state index contributed by atoms with van der Waals surface area (Å²) >= 11 is 0. The third-order valence-electron chi connectivity index (χ3n) is 2.06. The molecule has 0 bridgehead atoms. The van der Waals surface area contributed by atoms with E-state index in [1.54, 1.807) is 12.1 Å². The summed E-state index contributed by atoms with van der Waals surface area (Å²) in [5.74, 6) is -0.505. The van der Waals surface area contributed by atoms with E-state index in [0.29, 0.717) is 10.5 Å². The van der Waals surface area contributed by atoms with E-state index in [4.69, 9.17) is 5.11 Å². The number of hydrogen-bond acceptors (Lipinski definition) is 2. The van der Waals surface area contributed by atoms with Gasteiger partial charge in [0.1, 0.15) is 0 Å². The number of aryl methyl sites for hydroxylation is 2. The summed E-state index contributed by atoms with van der Waals surface area (Å²) in [6.45, 7) is 3.73. The fourth-order valence-electron chi connectivity index (χ4n) is 1.38. The maximum Gasteiger partial charge on any atom is 0.414 e. The van der Waals surface area contributed by atoms with Crippen LogP contribution in [0.3, 0.4) is 0 Å². The van der Waals surface area contributed by atoms with E-state index in [9.17, 15) is 9.59 Å². The van der Waals surface area contributed by atoms with Crippen molar-refractivity contribution in [3.63, 3.8) is 0 Å². The van der Waals surface area contributed by atoms with Crippen LogP contribution in [0.15, 0.2) is 18.2 Å². The summed E-state index contributed by atoms with van der Waals surface area (Å²) in [5, 5.41) is 8.66. The highest BCUT2D eigenvalue weighted by molar-refractivity contribution is 6.02. The molecular formula is C11H14ClNO3. The van der Waals surface area contributed by atoms with Crippen LogP contribution in [-0.2, 0) is 0 Å². The van der Waals surface area contributed by atoms with Gasteiger partial charge in [0.2, 0.25) is 0 Å². The minimum absolute atomic E-state index is 0. The van der Waals surface area contributed by atoms with Gasteiger partial charge in [-0.15, -0.1) is 12.4 Å². The molecule has 1 aromatic carbocycles. The van der Waals surface area contributed by atoms with E-state index < -0.39 is 12.0 Å². The molecule has 0 aliphatic heterocycles. The van der Waals surface area contributed by atoms with Crippen LogP contribution in [0.1, 0.15) is 21.5 Å². The van der Waals surface area contributed by atoms with Gasteiger partial charge in [0.05, 0.1) is 0 Å². The molecule has 0 radical (unpaired) electrons. The summed E-state index contributed by atoms with van der Waals surface area (Å²) in [6, 6.07) is 5.28. The van der Waals surface area contributed by atoms with Gasteiger partial charge in [-0.25, -0.2) is 9.69 Å². The molecule has 5 heteroatoms. The Balaban J connectivity index is 0.00000225. The van der Waals surface area contributed by atoms with Crippen LogP contribution < -0.4 is 0 Å². The lowest BCUT2D eigenvalue weighted by molar-refractivity contribution is 0.0781. The van der Waals surface area contributed by atoms with Gasteiger partial charge in [0.25, 0.3) is 5.91 Å². The molecule has 1 N–H and O–H groups in total. The first-order chi connectivity index (χ1) is 6.91. The normalized spacial score (nSPS) is 9.19. The molecule has 0 unspecified atom stereocenters. The number of imide groups is 1. The first-order valence-corrected chi connectivity index (χ1v) is 4.51. The number of nitrogens with zero attached hydrogens (tertiary/aromatic N) is 1. The second-order valence-corrected chi connectivity index (χ2v) is 3.52. The third-order valence-corrected chi connectivity index (χ3v) is 2.06. The number of carbonyl (C=O) groups is 2. The molecule has 0 fully saturated rings. The number of halogens is 1. The van der Waals surface area contributed by atoms with Crippen molar-refractivity contribution in [2.75, 3.05) is 7.05 Å². The lowest BCUT2D eigenvalue weighted by atomic mass is 10.1. The fourth-order valence-corrected chi connectivity index (χ4v) is 1.38. The van der Waals surface area contributed by atoms with Gasteiger partial charge in [-0.3, -0.25) is 4.79 Å². The van der Waals surface area contributed by atoms with Gasteiger partial charge in [0, 0.05) is 12.6 Å². The number of carboxylic acid groups (broad SMARTS) is 1. The van der Waals surface area contributed by atoms with Crippen molar-refractivity contribution in [2.45, 2.75) is 13.8 Å². The Labute approximate surface area is 100 Å². The highest BCUT2D eigenvalue weighted by Crippen LogP contribution is 2.10. The predicted molar refractivity (Wildman–Crippen MR) is 63.3 cm³/mol. The Hall–Kier alpha value is -1.55. The molecule has 0 saturated heterocycles. The van der Waals surface area contributed by atoms with Crippen molar-refractivity contribution in [3.8, 4) is 0 Å². The molecule has 2 amide bonds. The first-order valence-electron chi connectivity index (χ1n) is 4.51. The van der Waals surface area contributed by atoms with E-state index in [0.717, 1.165) is 11.1 Å². The average Bonchev–Trinajstić information content (AvgIpc) is 2.13. The summed E-state index contributed by atoms with van der Waals surface area (Å²) in [5.41, 5.74) is 2.28. The van der Waals surface area contributed by atoms with Crippen LogP contribution in [0.25, 0.3) is 0 Å².